The molecule has 7 nitrogen and oxygen atoms in total. The van der Waals surface area contributed by atoms with E-state index in [1.54, 1.807) is 0 Å². The van der Waals surface area contributed by atoms with E-state index in [0.717, 1.165) is 19.3 Å². The Bertz CT molecular complexity index is 614. The summed E-state index contributed by atoms with van der Waals surface area (Å²) in [5, 5.41) is 10.9. The van der Waals surface area contributed by atoms with Crippen molar-refractivity contribution in [1.29, 1.82) is 0 Å². The second-order valence-corrected chi connectivity index (χ2v) is 4.65. The summed E-state index contributed by atoms with van der Waals surface area (Å²) >= 11 is 0. The van der Waals surface area contributed by atoms with Gasteiger partial charge in [0.2, 0.25) is 0 Å². The number of nitrogens with zero attached hydrogens (tertiary/aromatic N) is 1. The molecular formula is C12H15N3O4. The summed E-state index contributed by atoms with van der Waals surface area (Å²) in [6.45, 7) is 0. The lowest BCUT2D eigenvalue weighted by molar-refractivity contribution is -0.387. The second kappa shape index (κ2) is 5.64. The van der Waals surface area contributed by atoms with Crippen LogP contribution in [0.25, 0.3) is 0 Å². The Labute approximate surface area is 108 Å². The van der Waals surface area contributed by atoms with Gasteiger partial charge < -0.3 is 4.98 Å². The predicted octanol–water partition coefficient (Wildman–Crippen LogP) is 1.26. The van der Waals surface area contributed by atoms with Gasteiger partial charge in [-0.15, -0.1) is 0 Å². The average Bonchev–Trinajstić information content (AvgIpc) is 2.36. The molecule has 102 valence electrons. The van der Waals surface area contributed by atoms with Crippen LogP contribution in [-0.4, -0.2) is 14.9 Å². The zero-order valence-corrected chi connectivity index (χ0v) is 10.3. The third-order valence-electron chi connectivity index (χ3n) is 3.29. The number of aromatic amines is 2. The summed E-state index contributed by atoms with van der Waals surface area (Å²) in [4.78, 5) is 37.0. The Balaban J connectivity index is 2.21. The van der Waals surface area contributed by atoms with Crippen molar-refractivity contribution >= 4 is 5.69 Å². The number of nitrogens with one attached hydrogen (secondary N) is 2. The van der Waals surface area contributed by atoms with E-state index in [9.17, 15) is 19.7 Å². The van der Waals surface area contributed by atoms with Crippen molar-refractivity contribution < 1.29 is 4.92 Å². The molecule has 0 amide bonds. The van der Waals surface area contributed by atoms with Crippen LogP contribution >= 0.6 is 0 Å². The number of hydrogen-bond donors (Lipinski definition) is 2. The molecular weight excluding hydrogens is 250 g/mol. The normalized spacial score (nSPS) is 18.4. The monoisotopic (exact) mass is 265 g/mol. The van der Waals surface area contributed by atoms with Gasteiger partial charge in [0.25, 0.3) is 0 Å². The number of H-pyrrole nitrogens is 2. The highest BCUT2D eigenvalue weighted by Gasteiger charge is 2.21. The van der Waals surface area contributed by atoms with Gasteiger partial charge in [-0.05, 0) is 38.0 Å². The molecule has 0 bridgehead atoms. The largest absolute Gasteiger partial charge is 0.353 e. The van der Waals surface area contributed by atoms with E-state index in [1.807, 2.05) is 4.98 Å². The van der Waals surface area contributed by atoms with E-state index in [-0.39, 0.29) is 5.69 Å². The third-order valence-corrected chi connectivity index (χ3v) is 3.29. The predicted molar refractivity (Wildman–Crippen MR) is 69.1 cm³/mol. The highest BCUT2D eigenvalue weighted by atomic mass is 16.6. The van der Waals surface area contributed by atoms with E-state index < -0.39 is 21.9 Å². The first kappa shape index (κ1) is 13.3. The number of rotatable bonds is 4. The minimum atomic E-state index is -0.942. The van der Waals surface area contributed by atoms with Gasteiger partial charge in [0, 0.05) is 0 Å². The molecule has 0 spiro atoms. The lowest BCUT2D eigenvalue weighted by atomic mass is 9.91. The van der Waals surface area contributed by atoms with Crippen LogP contribution in [0.5, 0.6) is 0 Å². The van der Waals surface area contributed by atoms with E-state index in [1.165, 1.54) is 0 Å². The molecule has 1 aliphatic rings. The minimum Gasteiger partial charge on any atom is -0.305 e. The fourth-order valence-corrected chi connectivity index (χ4v) is 2.35. The SMILES string of the molecule is O=c1[nH]c(CCC2C=CCCC2)c([N+](=O)[O-])c(=O)[nH]1. The van der Waals surface area contributed by atoms with Gasteiger partial charge in [-0.3, -0.25) is 19.9 Å². The molecule has 1 heterocycles. The first-order chi connectivity index (χ1) is 9.08. The third kappa shape index (κ3) is 3.18. The number of allylic oxidation sites excluding steroid dienone is 2. The van der Waals surface area contributed by atoms with Crippen molar-refractivity contribution in [1.82, 2.24) is 9.97 Å². The summed E-state index contributed by atoms with van der Waals surface area (Å²) in [6.07, 6.45) is 8.43. The zero-order chi connectivity index (χ0) is 13.8. The highest BCUT2D eigenvalue weighted by Crippen LogP contribution is 2.22. The summed E-state index contributed by atoms with van der Waals surface area (Å²) in [5.41, 5.74) is -2.09. The molecule has 0 fully saturated rings. The first-order valence-corrected chi connectivity index (χ1v) is 6.24. The van der Waals surface area contributed by atoms with Crippen molar-refractivity contribution in [3.63, 3.8) is 0 Å². The molecule has 1 aromatic heterocycles. The average molecular weight is 265 g/mol. The Morgan fingerprint density at radius 3 is 2.79 bits per heavy atom. The van der Waals surface area contributed by atoms with Crippen LogP contribution in [0.15, 0.2) is 21.7 Å². The molecule has 2 N–H and O–H groups in total. The van der Waals surface area contributed by atoms with Crippen LogP contribution in [0, 0.1) is 16.0 Å². The van der Waals surface area contributed by atoms with Gasteiger partial charge in [0.1, 0.15) is 5.69 Å². The number of hydrogen-bond acceptors (Lipinski definition) is 4. The van der Waals surface area contributed by atoms with Gasteiger partial charge >= 0.3 is 16.9 Å². The highest BCUT2D eigenvalue weighted by molar-refractivity contribution is 5.31. The van der Waals surface area contributed by atoms with Crippen molar-refractivity contribution in [2.45, 2.75) is 32.1 Å². The molecule has 1 aromatic rings. The van der Waals surface area contributed by atoms with Gasteiger partial charge in [-0.25, -0.2) is 4.79 Å². The van der Waals surface area contributed by atoms with Gasteiger partial charge in [0.15, 0.2) is 0 Å². The molecule has 1 unspecified atom stereocenters. The molecule has 7 heteroatoms. The molecule has 0 radical (unpaired) electrons. The van der Waals surface area contributed by atoms with E-state index >= 15 is 0 Å². The molecule has 19 heavy (non-hydrogen) atoms. The van der Waals surface area contributed by atoms with Crippen LogP contribution in [0.4, 0.5) is 5.69 Å². The van der Waals surface area contributed by atoms with Crippen molar-refractivity contribution in [3.05, 3.63) is 48.8 Å². The van der Waals surface area contributed by atoms with Crippen LogP contribution in [0.1, 0.15) is 31.4 Å². The molecule has 2 rings (SSSR count). The van der Waals surface area contributed by atoms with Crippen LogP contribution < -0.4 is 11.2 Å². The van der Waals surface area contributed by atoms with E-state index in [0.29, 0.717) is 18.8 Å². The first-order valence-electron chi connectivity index (χ1n) is 6.24. The molecule has 0 saturated carbocycles. The van der Waals surface area contributed by atoms with Gasteiger partial charge in [0.05, 0.1) is 4.92 Å². The maximum atomic E-state index is 11.4. The Morgan fingerprint density at radius 2 is 2.16 bits per heavy atom. The number of nitro groups is 1. The summed E-state index contributed by atoms with van der Waals surface area (Å²) < 4.78 is 0. The van der Waals surface area contributed by atoms with Crippen LogP contribution in [-0.2, 0) is 6.42 Å². The fraction of sp³-hybridized carbons (Fsp3) is 0.500. The number of aromatic nitrogens is 2. The Hall–Kier alpha value is -2.18. The van der Waals surface area contributed by atoms with Crippen molar-refractivity contribution in [3.8, 4) is 0 Å². The molecule has 0 aromatic carbocycles. The molecule has 0 aliphatic heterocycles. The van der Waals surface area contributed by atoms with E-state index in [4.69, 9.17) is 0 Å². The fourth-order valence-electron chi connectivity index (χ4n) is 2.35. The van der Waals surface area contributed by atoms with Crippen LogP contribution in [0.2, 0.25) is 0 Å². The van der Waals surface area contributed by atoms with Gasteiger partial charge in [-0.1, -0.05) is 12.2 Å². The topological polar surface area (TPSA) is 109 Å². The molecule has 1 atom stereocenters. The summed E-state index contributed by atoms with van der Waals surface area (Å²) in [7, 11) is 0. The second-order valence-electron chi connectivity index (χ2n) is 4.65. The number of aryl methyl sites for hydroxylation is 1. The lowest BCUT2D eigenvalue weighted by Crippen LogP contribution is -2.27. The quantitative estimate of drug-likeness (QED) is 0.485. The maximum Gasteiger partial charge on any atom is 0.353 e. The Kier molecular flexibility index (Phi) is 3.94. The lowest BCUT2D eigenvalue weighted by Gasteiger charge is -2.15. The van der Waals surface area contributed by atoms with Crippen molar-refractivity contribution in [2.24, 2.45) is 5.92 Å². The Morgan fingerprint density at radius 1 is 1.37 bits per heavy atom. The van der Waals surface area contributed by atoms with Crippen LogP contribution in [0.3, 0.4) is 0 Å². The molecule has 0 saturated heterocycles. The summed E-state index contributed by atoms with van der Waals surface area (Å²) in [6, 6.07) is 0. The maximum absolute atomic E-state index is 11.4. The summed E-state index contributed by atoms with van der Waals surface area (Å²) in [5.74, 6) is 0.358. The zero-order valence-electron chi connectivity index (χ0n) is 10.3. The smallest absolute Gasteiger partial charge is 0.305 e. The van der Waals surface area contributed by atoms with Gasteiger partial charge in [-0.2, -0.15) is 0 Å². The van der Waals surface area contributed by atoms with E-state index in [2.05, 4.69) is 17.1 Å². The standard InChI is InChI=1S/C12H15N3O4/c16-11-10(15(18)19)9(13-12(17)14-11)7-6-8-4-2-1-3-5-8/h2,4,8H,1,3,5-7H2,(H2,13,14,16,17). The molecule has 1 aliphatic carbocycles. The van der Waals surface area contributed by atoms with Crippen molar-refractivity contribution in [2.75, 3.05) is 0 Å². The minimum absolute atomic E-state index is 0.109.